The fourth-order valence-corrected chi connectivity index (χ4v) is 5.14. The molecule has 9 heteroatoms. The Morgan fingerprint density at radius 3 is 2.60 bits per heavy atom. The molecule has 1 saturated heterocycles. The smallest absolute Gasteiger partial charge is 0.191 e. The van der Waals surface area contributed by atoms with E-state index in [1.807, 2.05) is 31.2 Å². The molecule has 0 bridgehead atoms. The number of halogens is 1. The zero-order valence-corrected chi connectivity index (χ0v) is 20.7. The van der Waals surface area contributed by atoms with E-state index in [2.05, 4.69) is 34.7 Å². The van der Waals surface area contributed by atoms with E-state index in [1.54, 1.807) is 6.26 Å². The number of sulfone groups is 1. The molecule has 1 atom stereocenters. The Labute approximate surface area is 196 Å². The molecule has 1 unspecified atom stereocenters. The molecule has 1 aromatic carbocycles. The molecule has 1 aliphatic rings. The van der Waals surface area contributed by atoms with Gasteiger partial charge in [-0.2, -0.15) is 0 Å². The van der Waals surface area contributed by atoms with E-state index >= 15 is 0 Å². The fraction of sp³-hybridized carbons (Fsp3) is 0.476. The standard InChI is InChI=1S/C21H30N4O3S.HI/c1-3-22-21(24-19-10-12-29(26,27)16-19)23-13-17-7-4-5-8-18(17)14-25(2)15-20-9-6-11-28-20;/h4-9,11,19H,3,10,12-16H2,1-2H3,(H2,22,23,24);1H. The van der Waals surface area contributed by atoms with Gasteiger partial charge in [-0.1, -0.05) is 24.3 Å². The van der Waals surface area contributed by atoms with Gasteiger partial charge in [0, 0.05) is 19.1 Å². The van der Waals surface area contributed by atoms with Crippen LogP contribution in [0.15, 0.2) is 52.1 Å². The minimum atomic E-state index is -2.92. The lowest BCUT2D eigenvalue weighted by molar-refractivity contribution is 0.287. The summed E-state index contributed by atoms with van der Waals surface area (Å²) in [5.41, 5.74) is 2.36. The molecule has 0 radical (unpaired) electrons. The maximum absolute atomic E-state index is 11.7. The number of nitrogens with one attached hydrogen (secondary N) is 2. The van der Waals surface area contributed by atoms with Gasteiger partial charge in [0.25, 0.3) is 0 Å². The van der Waals surface area contributed by atoms with Crippen molar-refractivity contribution in [3.05, 3.63) is 59.5 Å². The second-order valence-electron chi connectivity index (χ2n) is 7.46. The molecule has 1 aromatic heterocycles. The molecular weight excluding hydrogens is 515 g/mol. The molecule has 30 heavy (non-hydrogen) atoms. The maximum Gasteiger partial charge on any atom is 0.191 e. The number of furan rings is 1. The van der Waals surface area contributed by atoms with Gasteiger partial charge in [0.05, 0.1) is 30.9 Å². The summed E-state index contributed by atoms with van der Waals surface area (Å²) < 4.78 is 28.9. The summed E-state index contributed by atoms with van der Waals surface area (Å²) >= 11 is 0. The Bertz CT molecular complexity index is 916. The van der Waals surface area contributed by atoms with Crippen LogP contribution in [-0.4, -0.2) is 50.4 Å². The van der Waals surface area contributed by atoms with Crippen LogP contribution in [0.25, 0.3) is 0 Å². The van der Waals surface area contributed by atoms with Gasteiger partial charge < -0.3 is 15.1 Å². The molecule has 1 aliphatic heterocycles. The van der Waals surface area contributed by atoms with Gasteiger partial charge in [-0.15, -0.1) is 24.0 Å². The summed E-state index contributed by atoms with van der Waals surface area (Å²) in [4.78, 5) is 6.90. The van der Waals surface area contributed by atoms with E-state index < -0.39 is 9.84 Å². The Hall–Kier alpha value is -1.59. The molecule has 1 fully saturated rings. The Kier molecular flexibility index (Phi) is 9.63. The molecule has 0 aliphatic carbocycles. The van der Waals surface area contributed by atoms with E-state index in [9.17, 15) is 8.42 Å². The van der Waals surface area contributed by atoms with Crippen molar-refractivity contribution in [3.8, 4) is 0 Å². The summed E-state index contributed by atoms with van der Waals surface area (Å²) in [6, 6.07) is 12.1. The van der Waals surface area contributed by atoms with Crippen LogP contribution in [0.5, 0.6) is 0 Å². The second-order valence-corrected chi connectivity index (χ2v) is 9.69. The molecule has 0 spiro atoms. The predicted octanol–water partition coefficient (Wildman–Crippen LogP) is 2.77. The highest BCUT2D eigenvalue weighted by molar-refractivity contribution is 14.0. The summed E-state index contributed by atoms with van der Waals surface area (Å²) in [5, 5.41) is 6.49. The maximum atomic E-state index is 11.7. The summed E-state index contributed by atoms with van der Waals surface area (Å²) in [7, 11) is -0.859. The number of rotatable bonds is 8. The molecule has 7 nitrogen and oxygen atoms in total. The van der Waals surface area contributed by atoms with E-state index in [1.165, 1.54) is 5.56 Å². The van der Waals surface area contributed by atoms with Gasteiger partial charge in [-0.05, 0) is 43.7 Å². The first-order valence-corrected chi connectivity index (χ1v) is 11.8. The van der Waals surface area contributed by atoms with Gasteiger partial charge in [0.15, 0.2) is 15.8 Å². The SMILES string of the molecule is CCNC(=NCc1ccccc1CN(C)Cc1ccco1)NC1CCS(=O)(=O)C1.I. The lowest BCUT2D eigenvalue weighted by Crippen LogP contribution is -2.44. The van der Waals surface area contributed by atoms with Crippen LogP contribution in [0, 0.1) is 0 Å². The fourth-order valence-electron chi connectivity index (χ4n) is 3.47. The largest absolute Gasteiger partial charge is 0.468 e. The van der Waals surface area contributed by atoms with Crippen LogP contribution in [0.1, 0.15) is 30.2 Å². The first-order chi connectivity index (χ1) is 13.9. The lowest BCUT2D eigenvalue weighted by atomic mass is 10.1. The third-order valence-corrected chi connectivity index (χ3v) is 6.66. The van der Waals surface area contributed by atoms with Gasteiger partial charge in [-0.3, -0.25) is 4.90 Å². The van der Waals surface area contributed by atoms with Gasteiger partial charge >= 0.3 is 0 Å². The van der Waals surface area contributed by atoms with Crippen molar-refractivity contribution >= 4 is 39.8 Å². The van der Waals surface area contributed by atoms with Crippen molar-refractivity contribution in [2.75, 3.05) is 25.1 Å². The third kappa shape index (κ3) is 7.59. The summed E-state index contributed by atoms with van der Waals surface area (Å²) in [6.07, 6.45) is 2.32. The van der Waals surface area contributed by atoms with E-state index in [-0.39, 0.29) is 41.5 Å². The van der Waals surface area contributed by atoms with Crippen molar-refractivity contribution < 1.29 is 12.8 Å². The van der Waals surface area contributed by atoms with E-state index in [4.69, 9.17) is 9.41 Å². The molecule has 0 amide bonds. The van der Waals surface area contributed by atoms with Crippen molar-refractivity contribution in [2.45, 2.75) is 39.0 Å². The summed E-state index contributed by atoms with van der Waals surface area (Å²) in [5.74, 6) is 2.02. The van der Waals surface area contributed by atoms with Crippen LogP contribution < -0.4 is 10.6 Å². The van der Waals surface area contributed by atoms with Crippen LogP contribution in [0.3, 0.4) is 0 Å². The second kappa shape index (κ2) is 11.7. The molecule has 0 saturated carbocycles. The average Bonchev–Trinajstić information content (AvgIpc) is 3.30. The molecule has 2 aromatic rings. The van der Waals surface area contributed by atoms with Crippen molar-refractivity contribution in [3.63, 3.8) is 0 Å². The van der Waals surface area contributed by atoms with Crippen molar-refractivity contribution in [1.29, 1.82) is 0 Å². The van der Waals surface area contributed by atoms with E-state index in [0.717, 1.165) is 31.0 Å². The Balaban J connectivity index is 0.00000320. The third-order valence-electron chi connectivity index (χ3n) is 4.89. The quantitative estimate of drug-likeness (QED) is 0.301. The topological polar surface area (TPSA) is 86.9 Å². The van der Waals surface area contributed by atoms with Crippen molar-refractivity contribution in [2.24, 2.45) is 4.99 Å². The Morgan fingerprint density at radius 2 is 1.97 bits per heavy atom. The van der Waals surface area contributed by atoms with Gasteiger partial charge in [-0.25, -0.2) is 13.4 Å². The normalized spacial score (nSPS) is 18.2. The summed E-state index contributed by atoms with van der Waals surface area (Å²) in [6.45, 7) is 4.78. The number of hydrogen-bond acceptors (Lipinski definition) is 5. The average molecular weight is 546 g/mol. The van der Waals surface area contributed by atoms with Crippen LogP contribution in [-0.2, 0) is 29.5 Å². The predicted molar refractivity (Wildman–Crippen MR) is 131 cm³/mol. The van der Waals surface area contributed by atoms with Crippen LogP contribution >= 0.6 is 24.0 Å². The molecule has 166 valence electrons. The minimum Gasteiger partial charge on any atom is -0.468 e. The Morgan fingerprint density at radius 1 is 1.20 bits per heavy atom. The zero-order chi connectivity index (χ0) is 20.7. The molecular formula is C21H31IN4O3S. The lowest BCUT2D eigenvalue weighted by Gasteiger charge is -2.18. The zero-order valence-electron chi connectivity index (χ0n) is 17.5. The highest BCUT2D eigenvalue weighted by Crippen LogP contribution is 2.15. The molecule has 2 heterocycles. The van der Waals surface area contributed by atoms with Gasteiger partial charge in [0.2, 0.25) is 0 Å². The van der Waals surface area contributed by atoms with Crippen LogP contribution in [0.2, 0.25) is 0 Å². The number of aliphatic imine (C=N–C) groups is 1. The first kappa shape index (κ1) is 24.7. The number of guanidine groups is 1. The van der Waals surface area contributed by atoms with E-state index in [0.29, 0.717) is 18.9 Å². The number of hydrogen-bond donors (Lipinski definition) is 2. The van der Waals surface area contributed by atoms with Gasteiger partial charge in [0.1, 0.15) is 5.76 Å². The first-order valence-electron chi connectivity index (χ1n) is 9.98. The highest BCUT2D eigenvalue weighted by Gasteiger charge is 2.28. The molecule has 2 N–H and O–H groups in total. The van der Waals surface area contributed by atoms with Crippen molar-refractivity contribution in [1.82, 2.24) is 15.5 Å². The number of benzene rings is 1. The molecule has 3 rings (SSSR count). The number of nitrogens with zero attached hydrogens (tertiary/aromatic N) is 2. The highest BCUT2D eigenvalue weighted by atomic mass is 127. The monoisotopic (exact) mass is 546 g/mol. The minimum absolute atomic E-state index is 0. The van der Waals surface area contributed by atoms with Crippen LogP contribution in [0.4, 0.5) is 0 Å².